The highest BCUT2D eigenvalue weighted by Crippen LogP contribution is 2.10. The molecule has 0 bridgehead atoms. The summed E-state index contributed by atoms with van der Waals surface area (Å²) < 4.78 is 0. The Morgan fingerprint density at radius 2 is 2.50 bits per heavy atom. The summed E-state index contributed by atoms with van der Waals surface area (Å²) in [5.74, 6) is -0.00954. The van der Waals surface area contributed by atoms with Gasteiger partial charge in [0.15, 0.2) is 0 Å². The van der Waals surface area contributed by atoms with E-state index < -0.39 is 0 Å². The van der Waals surface area contributed by atoms with Gasteiger partial charge in [-0.25, -0.2) is 0 Å². The zero-order chi connectivity index (χ0) is 7.56. The van der Waals surface area contributed by atoms with E-state index >= 15 is 0 Å². The van der Waals surface area contributed by atoms with E-state index in [1.807, 2.05) is 19.9 Å². The van der Waals surface area contributed by atoms with E-state index in [4.69, 9.17) is 9.94 Å². The van der Waals surface area contributed by atoms with Gasteiger partial charge in [0.05, 0.1) is 0 Å². The topological polar surface area (TPSA) is 41.8 Å². The van der Waals surface area contributed by atoms with Crippen LogP contribution in [0.4, 0.5) is 0 Å². The summed E-state index contributed by atoms with van der Waals surface area (Å²) in [6, 6.07) is 0. The first-order valence-corrected chi connectivity index (χ1v) is 3.35. The highest BCUT2D eigenvalue weighted by Gasteiger charge is 2.12. The van der Waals surface area contributed by atoms with Gasteiger partial charge in [0.25, 0.3) is 5.90 Å². The summed E-state index contributed by atoms with van der Waals surface area (Å²) in [7, 11) is 0. The summed E-state index contributed by atoms with van der Waals surface area (Å²) in [5.41, 5.74) is 0.790. The maximum Gasteiger partial charge on any atom is 0.250 e. The number of aliphatic hydroxyl groups is 1. The lowest BCUT2D eigenvalue weighted by Crippen LogP contribution is -2.15. The molecule has 0 spiro atoms. The second kappa shape index (κ2) is 2.73. The summed E-state index contributed by atoms with van der Waals surface area (Å²) in [6.07, 6.45) is 2.78. The molecular weight excluding hydrogens is 130 g/mol. The number of oxime groups is 1. The molecule has 0 aromatic carbocycles. The summed E-state index contributed by atoms with van der Waals surface area (Å²) in [5, 5.41) is 12.4. The third kappa shape index (κ3) is 1.29. The van der Waals surface area contributed by atoms with E-state index in [1.165, 1.54) is 0 Å². The summed E-state index contributed by atoms with van der Waals surface area (Å²) in [6.45, 7) is 3.82. The Labute approximate surface area is 60.0 Å². The minimum Gasteiger partial charge on any atom is -0.491 e. The smallest absolute Gasteiger partial charge is 0.250 e. The van der Waals surface area contributed by atoms with Crippen LogP contribution in [0, 0.1) is 0 Å². The van der Waals surface area contributed by atoms with Crippen LogP contribution in [-0.4, -0.2) is 17.1 Å². The van der Waals surface area contributed by atoms with Crippen LogP contribution in [0.2, 0.25) is 0 Å². The zero-order valence-electron chi connectivity index (χ0n) is 6.16. The Hall–Kier alpha value is -0.990. The predicted octanol–water partition coefficient (Wildman–Crippen LogP) is 1.61. The number of rotatable bonds is 1. The van der Waals surface area contributed by atoms with Crippen LogP contribution in [0.25, 0.3) is 0 Å². The Morgan fingerprint density at radius 1 is 1.80 bits per heavy atom. The first-order valence-electron chi connectivity index (χ1n) is 3.35. The molecule has 0 radical (unpaired) electrons. The van der Waals surface area contributed by atoms with Crippen molar-refractivity contribution in [2.75, 3.05) is 0 Å². The van der Waals surface area contributed by atoms with E-state index in [2.05, 4.69) is 5.16 Å². The summed E-state index contributed by atoms with van der Waals surface area (Å²) in [4.78, 5) is 4.87. The van der Waals surface area contributed by atoms with Crippen molar-refractivity contribution in [2.45, 2.75) is 26.4 Å². The van der Waals surface area contributed by atoms with Crippen LogP contribution in [0.15, 0.2) is 16.8 Å². The van der Waals surface area contributed by atoms with Crippen molar-refractivity contribution < 1.29 is 9.94 Å². The van der Waals surface area contributed by atoms with Crippen molar-refractivity contribution in [3.05, 3.63) is 11.6 Å². The lowest BCUT2D eigenvalue weighted by molar-refractivity contribution is 0.0804. The highest BCUT2D eigenvalue weighted by molar-refractivity contribution is 5.91. The van der Waals surface area contributed by atoms with Crippen molar-refractivity contribution in [2.24, 2.45) is 5.16 Å². The van der Waals surface area contributed by atoms with E-state index in [-0.39, 0.29) is 12.0 Å². The number of hydrogen-bond acceptors (Lipinski definition) is 2. The normalized spacial score (nSPS) is 24.8. The minimum absolute atomic E-state index is 0.00954. The van der Waals surface area contributed by atoms with Crippen LogP contribution >= 0.6 is 0 Å². The van der Waals surface area contributed by atoms with Gasteiger partial charge in [-0.2, -0.15) is 0 Å². The molecule has 1 N–H and O–H groups in total. The molecular formula is C7H11NO2. The van der Waals surface area contributed by atoms with Gasteiger partial charge < -0.3 is 9.94 Å². The molecule has 3 heteroatoms. The van der Waals surface area contributed by atoms with E-state index in [9.17, 15) is 0 Å². The first kappa shape index (κ1) is 7.12. The standard InChI is InChI=1S/C7H11NO2/c1-3-6-4-5(2)7(9)8-10-6/h4,6H,3H2,1-2H3,(H,8,9). The van der Waals surface area contributed by atoms with Crippen LogP contribution in [-0.2, 0) is 4.84 Å². The fourth-order valence-electron chi connectivity index (χ4n) is 0.766. The molecule has 0 aromatic rings. The third-order valence-electron chi connectivity index (χ3n) is 1.47. The van der Waals surface area contributed by atoms with Crippen molar-refractivity contribution in [3.8, 4) is 0 Å². The maximum absolute atomic E-state index is 8.95. The highest BCUT2D eigenvalue weighted by atomic mass is 16.6. The molecule has 0 fully saturated rings. The number of nitrogens with zero attached hydrogens (tertiary/aromatic N) is 1. The first-order chi connectivity index (χ1) is 4.74. The molecule has 0 saturated heterocycles. The fraction of sp³-hybridized carbons (Fsp3) is 0.571. The molecule has 1 aliphatic rings. The zero-order valence-corrected chi connectivity index (χ0v) is 6.16. The molecule has 56 valence electrons. The quantitative estimate of drug-likeness (QED) is 0.602. The lowest BCUT2D eigenvalue weighted by atomic mass is 10.2. The Kier molecular flexibility index (Phi) is 1.94. The van der Waals surface area contributed by atoms with Gasteiger partial charge in [0, 0.05) is 5.57 Å². The number of aliphatic hydroxyl groups excluding tert-OH is 1. The molecule has 0 saturated carbocycles. The Bertz CT molecular complexity index is 184. The van der Waals surface area contributed by atoms with E-state index in [1.54, 1.807) is 0 Å². The van der Waals surface area contributed by atoms with Crippen molar-refractivity contribution >= 4 is 5.90 Å². The van der Waals surface area contributed by atoms with Crippen LogP contribution < -0.4 is 0 Å². The predicted molar refractivity (Wildman–Crippen MR) is 39.0 cm³/mol. The van der Waals surface area contributed by atoms with Gasteiger partial charge >= 0.3 is 0 Å². The van der Waals surface area contributed by atoms with Crippen LogP contribution in [0.5, 0.6) is 0 Å². The van der Waals surface area contributed by atoms with Gasteiger partial charge in [0.1, 0.15) is 6.10 Å². The Balaban J connectivity index is 2.66. The van der Waals surface area contributed by atoms with Gasteiger partial charge in [-0.15, -0.1) is 0 Å². The SMILES string of the molecule is CCC1C=C(C)C(O)=NO1. The van der Waals surface area contributed by atoms with Gasteiger partial charge in [0.2, 0.25) is 0 Å². The molecule has 0 aromatic heterocycles. The van der Waals surface area contributed by atoms with Crippen molar-refractivity contribution in [1.82, 2.24) is 0 Å². The van der Waals surface area contributed by atoms with E-state index in [0.717, 1.165) is 12.0 Å². The average molecular weight is 141 g/mol. The van der Waals surface area contributed by atoms with E-state index in [0.29, 0.717) is 0 Å². The average Bonchev–Trinajstić information content (AvgIpc) is 1.95. The van der Waals surface area contributed by atoms with Crippen LogP contribution in [0.3, 0.4) is 0 Å². The maximum atomic E-state index is 8.95. The van der Waals surface area contributed by atoms with Gasteiger partial charge in [-0.1, -0.05) is 6.92 Å². The molecule has 1 atom stereocenters. The molecule has 0 amide bonds. The third-order valence-corrected chi connectivity index (χ3v) is 1.47. The molecule has 3 nitrogen and oxygen atoms in total. The van der Waals surface area contributed by atoms with Crippen molar-refractivity contribution in [1.29, 1.82) is 0 Å². The molecule has 1 heterocycles. The molecule has 1 rings (SSSR count). The second-order valence-corrected chi connectivity index (χ2v) is 2.32. The Morgan fingerprint density at radius 3 is 3.00 bits per heavy atom. The van der Waals surface area contributed by atoms with Gasteiger partial charge in [-0.05, 0) is 24.6 Å². The van der Waals surface area contributed by atoms with Crippen molar-refractivity contribution in [3.63, 3.8) is 0 Å². The number of hydrogen-bond donors (Lipinski definition) is 1. The molecule has 1 aliphatic heterocycles. The monoisotopic (exact) mass is 141 g/mol. The molecule has 0 aliphatic carbocycles. The lowest BCUT2D eigenvalue weighted by Gasteiger charge is -2.13. The largest absolute Gasteiger partial charge is 0.491 e. The minimum atomic E-state index is -0.00954. The second-order valence-electron chi connectivity index (χ2n) is 2.32. The van der Waals surface area contributed by atoms with Gasteiger partial charge in [-0.3, -0.25) is 0 Å². The fourth-order valence-corrected chi connectivity index (χ4v) is 0.766. The van der Waals surface area contributed by atoms with Crippen LogP contribution in [0.1, 0.15) is 20.3 Å². The molecule has 1 unspecified atom stereocenters. The summed E-state index contributed by atoms with van der Waals surface area (Å²) >= 11 is 0. The molecule has 10 heavy (non-hydrogen) atoms.